The molecule has 0 saturated heterocycles. The van der Waals surface area contributed by atoms with Crippen LogP contribution in [-0.4, -0.2) is 16.0 Å². The highest BCUT2D eigenvalue weighted by atomic mass is 19.1. The molecule has 0 fully saturated rings. The van der Waals surface area contributed by atoms with Crippen molar-refractivity contribution in [2.75, 3.05) is 5.32 Å². The molecule has 2 aromatic rings. The minimum absolute atomic E-state index is 0.0191. The fourth-order valence-corrected chi connectivity index (χ4v) is 1.83. The van der Waals surface area contributed by atoms with E-state index in [9.17, 15) is 4.39 Å². The second kappa shape index (κ2) is 5.91. The van der Waals surface area contributed by atoms with Gasteiger partial charge in [-0.15, -0.1) is 0 Å². The van der Waals surface area contributed by atoms with Gasteiger partial charge >= 0.3 is 0 Å². The van der Waals surface area contributed by atoms with Crippen LogP contribution in [0.1, 0.15) is 18.2 Å². The summed E-state index contributed by atoms with van der Waals surface area (Å²) in [6.45, 7) is 1.95. The molecule has 1 N–H and O–H groups in total. The van der Waals surface area contributed by atoms with E-state index >= 15 is 0 Å². The van der Waals surface area contributed by atoms with Gasteiger partial charge in [0, 0.05) is 18.4 Å². The summed E-state index contributed by atoms with van der Waals surface area (Å²) >= 11 is 0. The fourth-order valence-electron chi connectivity index (χ4n) is 1.83. The number of nitrogens with zero attached hydrogens (tertiary/aromatic N) is 3. The first-order valence-electron chi connectivity index (χ1n) is 5.91. The van der Waals surface area contributed by atoms with Crippen LogP contribution in [0.4, 0.5) is 10.2 Å². The van der Waals surface area contributed by atoms with Crippen LogP contribution in [0.15, 0.2) is 36.7 Å². The van der Waals surface area contributed by atoms with Crippen LogP contribution in [0.2, 0.25) is 0 Å². The van der Waals surface area contributed by atoms with Crippen molar-refractivity contribution in [3.63, 3.8) is 0 Å². The molecule has 0 spiro atoms. The third-order valence-corrected chi connectivity index (χ3v) is 2.62. The number of nitrogens with one attached hydrogen (secondary N) is 1. The Morgan fingerprint density at radius 1 is 1.37 bits per heavy atom. The Morgan fingerprint density at radius 2 is 2.16 bits per heavy atom. The first-order valence-corrected chi connectivity index (χ1v) is 5.91. The molecule has 0 amide bonds. The van der Waals surface area contributed by atoms with Crippen molar-refractivity contribution >= 4 is 5.82 Å². The third kappa shape index (κ3) is 3.49. The van der Waals surface area contributed by atoms with Crippen molar-refractivity contribution in [2.45, 2.75) is 19.4 Å². The lowest BCUT2D eigenvalue weighted by molar-refractivity contribution is 0.624. The summed E-state index contributed by atoms with van der Waals surface area (Å²) in [5.41, 5.74) is 1.15. The highest BCUT2D eigenvalue weighted by Crippen LogP contribution is 2.12. The predicted octanol–water partition coefficient (Wildman–Crippen LogP) is 2.53. The largest absolute Gasteiger partial charge is 0.365 e. The smallest absolute Gasteiger partial charge is 0.182 e. The highest BCUT2D eigenvalue weighted by molar-refractivity contribution is 5.47. The Kier molecular flexibility index (Phi) is 4.04. The molecule has 1 unspecified atom stereocenters. The fraction of sp³-hybridized carbons (Fsp3) is 0.214. The van der Waals surface area contributed by atoms with Gasteiger partial charge in [0.2, 0.25) is 0 Å². The van der Waals surface area contributed by atoms with Gasteiger partial charge in [-0.05, 0) is 31.0 Å². The Morgan fingerprint density at radius 3 is 2.89 bits per heavy atom. The molecular weight excluding hydrogens is 243 g/mol. The van der Waals surface area contributed by atoms with Crippen molar-refractivity contribution < 1.29 is 4.39 Å². The molecule has 1 aromatic heterocycles. The number of anilines is 1. The van der Waals surface area contributed by atoms with Crippen LogP contribution in [-0.2, 0) is 6.42 Å². The highest BCUT2D eigenvalue weighted by Gasteiger charge is 2.09. The molecule has 0 bridgehead atoms. The van der Waals surface area contributed by atoms with Gasteiger partial charge in [0.25, 0.3) is 0 Å². The maximum atomic E-state index is 13.1. The average Bonchev–Trinajstić information content (AvgIpc) is 2.39. The molecule has 1 heterocycles. The van der Waals surface area contributed by atoms with E-state index in [1.165, 1.54) is 24.5 Å². The first kappa shape index (κ1) is 13.0. The number of benzene rings is 1. The number of hydrogen-bond acceptors (Lipinski definition) is 4. The molecule has 5 heteroatoms. The second-order valence-corrected chi connectivity index (χ2v) is 4.24. The van der Waals surface area contributed by atoms with Gasteiger partial charge in [0.05, 0.1) is 0 Å². The molecule has 1 aromatic carbocycles. The average molecular weight is 256 g/mol. The van der Waals surface area contributed by atoms with E-state index in [0.717, 1.165) is 5.56 Å². The molecule has 0 saturated carbocycles. The zero-order valence-corrected chi connectivity index (χ0v) is 10.5. The van der Waals surface area contributed by atoms with Crippen LogP contribution in [0.5, 0.6) is 0 Å². The van der Waals surface area contributed by atoms with Gasteiger partial charge in [0.15, 0.2) is 11.5 Å². The Bertz CT molecular complexity index is 606. The van der Waals surface area contributed by atoms with Gasteiger partial charge in [-0.1, -0.05) is 12.1 Å². The van der Waals surface area contributed by atoms with Crippen molar-refractivity contribution in [2.24, 2.45) is 0 Å². The van der Waals surface area contributed by atoms with E-state index < -0.39 is 0 Å². The molecule has 4 nitrogen and oxygen atoms in total. The summed E-state index contributed by atoms with van der Waals surface area (Å²) in [6, 6.07) is 8.46. The third-order valence-electron chi connectivity index (χ3n) is 2.62. The first-order chi connectivity index (χ1) is 9.19. The van der Waals surface area contributed by atoms with E-state index in [-0.39, 0.29) is 17.6 Å². The summed E-state index contributed by atoms with van der Waals surface area (Å²) in [7, 11) is 0. The molecule has 96 valence electrons. The van der Waals surface area contributed by atoms with Gasteiger partial charge < -0.3 is 5.32 Å². The summed E-state index contributed by atoms with van der Waals surface area (Å²) < 4.78 is 13.1. The number of hydrogen-bond donors (Lipinski definition) is 1. The topological polar surface area (TPSA) is 61.6 Å². The SMILES string of the molecule is CC(Cc1cccc(F)c1)Nc1nccnc1C#N. The zero-order chi connectivity index (χ0) is 13.7. The van der Waals surface area contributed by atoms with E-state index in [0.29, 0.717) is 12.2 Å². The normalized spacial score (nSPS) is 11.6. The lowest BCUT2D eigenvalue weighted by atomic mass is 10.1. The number of rotatable bonds is 4. The predicted molar refractivity (Wildman–Crippen MR) is 69.9 cm³/mol. The van der Waals surface area contributed by atoms with E-state index in [2.05, 4.69) is 15.3 Å². The molecule has 0 aliphatic heterocycles. The van der Waals surface area contributed by atoms with Crippen LogP contribution >= 0.6 is 0 Å². The Labute approximate surface area is 110 Å². The minimum Gasteiger partial charge on any atom is -0.365 e. The van der Waals surface area contributed by atoms with Crippen molar-refractivity contribution in [1.82, 2.24) is 9.97 Å². The molecule has 0 radical (unpaired) electrons. The van der Waals surface area contributed by atoms with Crippen LogP contribution in [0.3, 0.4) is 0 Å². The standard InChI is InChI=1S/C14H13FN4/c1-10(7-11-3-2-4-12(15)8-11)19-14-13(9-16)17-5-6-18-14/h2-6,8,10H,7H2,1H3,(H,18,19). The van der Waals surface area contributed by atoms with Crippen molar-refractivity contribution in [3.05, 3.63) is 53.7 Å². The second-order valence-electron chi connectivity index (χ2n) is 4.24. The summed E-state index contributed by atoms with van der Waals surface area (Å²) in [5.74, 6) is 0.204. The summed E-state index contributed by atoms with van der Waals surface area (Å²) in [4.78, 5) is 8.00. The lowest BCUT2D eigenvalue weighted by Gasteiger charge is -2.14. The lowest BCUT2D eigenvalue weighted by Crippen LogP contribution is -2.20. The van der Waals surface area contributed by atoms with Gasteiger partial charge in [-0.3, -0.25) is 0 Å². The molecule has 19 heavy (non-hydrogen) atoms. The van der Waals surface area contributed by atoms with Gasteiger partial charge in [-0.2, -0.15) is 5.26 Å². The maximum Gasteiger partial charge on any atom is 0.182 e. The summed E-state index contributed by atoms with van der Waals surface area (Å²) in [6.07, 6.45) is 3.64. The van der Waals surface area contributed by atoms with E-state index in [1.807, 2.05) is 19.1 Å². The van der Waals surface area contributed by atoms with E-state index in [1.54, 1.807) is 6.07 Å². The van der Waals surface area contributed by atoms with Crippen molar-refractivity contribution in [3.8, 4) is 6.07 Å². The quantitative estimate of drug-likeness (QED) is 0.913. The monoisotopic (exact) mass is 256 g/mol. The molecule has 0 aliphatic carbocycles. The van der Waals surface area contributed by atoms with Crippen LogP contribution in [0, 0.1) is 17.1 Å². The number of halogens is 1. The number of aromatic nitrogens is 2. The maximum absolute atomic E-state index is 13.1. The Hall–Kier alpha value is -2.48. The summed E-state index contributed by atoms with van der Waals surface area (Å²) in [5, 5.41) is 12.0. The van der Waals surface area contributed by atoms with Gasteiger partial charge in [0.1, 0.15) is 11.9 Å². The van der Waals surface area contributed by atoms with Crippen LogP contribution < -0.4 is 5.32 Å². The Balaban J connectivity index is 2.06. The van der Waals surface area contributed by atoms with E-state index in [4.69, 9.17) is 5.26 Å². The zero-order valence-electron chi connectivity index (χ0n) is 10.5. The minimum atomic E-state index is -0.248. The van der Waals surface area contributed by atoms with Crippen LogP contribution in [0.25, 0.3) is 0 Å². The molecule has 1 atom stereocenters. The molecule has 2 rings (SSSR count). The molecular formula is C14H13FN4. The number of nitriles is 1. The van der Waals surface area contributed by atoms with Gasteiger partial charge in [-0.25, -0.2) is 14.4 Å². The van der Waals surface area contributed by atoms with Crippen molar-refractivity contribution in [1.29, 1.82) is 5.26 Å². The molecule has 0 aliphatic rings.